The molecule has 0 radical (unpaired) electrons. The van der Waals surface area contributed by atoms with Crippen LogP contribution in [0.5, 0.6) is 5.75 Å². The van der Waals surface area contributed by atoms with Crippen LogP contribution in [0.1, 0.15) is 16.7 Å². The van der Waals surface area contributed by atoms with E-state index in [1.54, 1.807) is 6.07 Å². The summed E-state index contributed by atoms with van der Waals surface area (Å²) in [5.74, 6) is -1.20. The minimum Gasteiger partial charge on any atom is -0.488 e. The maximum absolute atomic E-state index is 13.1. The van der Waals surface area contributed by atoms with Gasteiger partial charge in [0, 0.05) is 5.56 Å². The van der Waals surface area contributed by atoms with Crippen LogP contribution in [0.2, 0.25) is 0 Å². The summed E-state index contributed by atoms with van der Waals surface area (Å²) in [5, 5.41) is 9.23. The fourth-order valence-corrected chi connectivity index (χ4v) is 1.83. The zero-order valence-corrected chi connectivity index (χ0v) is 10.5. The van der Waals surface area contributed by atoms with Gasteiger partial charge in [0.1, 0.15) is 12.4 Å². The summed E-state index contributed by atoms with van der Waals surface area (Å²) in [7, 11) is 0. The van der Waals surface area contributed by atoms with Gasteiger partial charge >= 0.3 is 0 Å². The fraction of sp³-hybridized carbons (Fsp3) is 0.200. The van der Waals surface area contributed by atoms with Crippen LogP contribution >= 0.6 is 0 Å². The van der Waals surface area contributed by atoms with E-state index in [-0.39, 0.29) is 13.2 Å². The Bertz CT molecular complexity index is 582. The number of para-hydroxylation sites is 1. The molecule has 0 saturated heterocycles. The van der Waals surface area contributed by atoms with Crippen molar-refractivity contribution in [2.24, 2.45) is 0 Å². The van der Waals surface area contributed by atoms with Crippen molar-refractivity contribution in [2.45, 2.75) is 20.1 Å². The van der Waals surface area contributed by atoms with E-state index in [0.29, 0.717) is 16.9 Å². The Morgan fingerprint density at radius 1 is 1.11 bits per heavy atom. The third-order valence-electron chi connectivity index (χ3n) is 2.83. The van der Waals surface area contributed by atoms with Crippen LogP contribution in [0.3, 0.4) is 0 Å². The number of aryl methyl sites for hydroxylation is 1. The van der Waals surface area contributed by atoms with Crippen molar-refractivity contribution < 1.29 is 18.6 Å². The Morgan fingerprint density at radius 2 is 1.89 bits per heavy atom. The lowest BCUT2D eigenvalue weighted by atomic mass is 10.1. The zero-order chi connectivity index (χ0) is 13.8. The van der Waals surface area contributed by atoms with Crippen LogP contribution in [0.15, 0.2) is 36.4 Å². The number of hydrogen-bond acceptors (Lipinski definition) is 2. The van der Waals surface area contributed by atoms with Crippen molar-refractivity contribution in [3.8, 4) is 5.75 Å². The molecule has 2 nitrogen and oxygen atoms in total. The summed E-state index contributed by atoms with van der Waals surface area (Å²) < 4.78 is 31.4. The summed E-state index contributed by atoms with van der Waals surface area (Å²) in [5.41, 5.74) is 2.09. The lowest BCUT2D eigenvalue weighted by Gasteiger charge is -2.13. The zero-order valence-electron chi connectivity index (χ0n) is 10.5. The van der Waals surface area contributed by atoms with Gasteiger partial charge in [0.05, 0.1) is 6.61 Å². The smallest absolute Gasteiger partial charge is 0.159 e. The molecular weight excluding hydrogens is 250 g/mol. The van der Waals surface area contributed by atoms with E-state index >= 15 is 0 Å². The van der Waals surface area contributed by atoms with E-state index in [2.05, 4.69) is 0 Å². The molecule has 100 valence electrons. The number of hydrogen-bond donors (Lipinski definition) is 1. The summed E-state index contributed by atoms with van der Waals surface area (Å²) in [4.78, 5) is 0. The third-order valence-corrected chi connectivity index (χ3v) is 2.83. The molecule has 2 aromatic carbocycles. The predicted molar refractivity (Wildman–Crippen MR) is 67.8 cm³/mol. The highest BCUT2D eigenvalue weighted by molar-refractivity contribution is 5.40. The Kier molecular flexibility index (Phi) is 4.12. The molecule has 0 heterocycles. The number of rotatable bonds is 4. The molecule has 0 spiro atoms. The molecule has 1 N–H and O–H groups in total. The highest BCUT2D eigenvalue weighted by atomic mass is 19.2. The quantitative estimate of drug-likeness (QED) is 0.917. The molecule has 0 atom stereocenters. The first-order valence-corrected chi connectivity index (χ1v) is 5.88. The maximum Gasteiger partial charge on any atom is 0.159 e. The van der Waals surface area contributed by atoms with Gasteiger partial charge in [0.15, 0.2) is 11.6 Å². The molecule has 0 saturated carbocycles. The minimum atomic E-state index is -0.895. The van der Waals surface area contributed by atoms with Crippen LogP contribution in [0.25, 0.3) is 0 Å². The molecule has 0 aliphatic carbocycles. The van der Waals surface area contributed by atoms with Crippen molar-refractivity contribution in [1.29, 1.82) is 0 Å². The number of ether oxygens (including phenoxy) is 1. The van der Waals surface area contributed by atoms with Crippen LogP contribution in [-0.4, -0.2) is 5.11 Å². The lowest BCUT2D eigenvalue weighted by Crippen LogP contribution is -2.01. The van der Waals surface area contributed by atoms with Crippen molar-refractivity contribution in [2.75, 3.05) is 0 Å². The SMILES string of the molecule is Cc1cccc(CO)c1OCc1ccc(F)c(F)c1. The molecular formula is C15H14F2O2. The maximum atomic E-state index is 13.1. The molecule has 0 fully saturated rings. The standard InChI is InChI=1S/C15H14F2O2/c1-10-3-2-4-12(8-18)15(10)19-9-11-5-6-13(16)14(17)7-11/h2-7,18H,8-9H2,1H3. The van der Waals surface area contributed by atoms with E-state index in [4.69, 9.17) is 4.74 Å². The molecule has 19 heavy (non-hydrogen) atoms. The van der Waals surface area contributed by atoms with Crippen molar-refractivity contribution in [3.63, 3.8) is 0 Å². The average molecular weight is 264 g/mol. The Balaban J connectivity index is 2.16. The van der Waals surface area contributed by atoms with Gasteiger partial charge in [-0.05, 0) is 30.2 Å². The van der Waals surface area contributed by atoms with E-state index in [0.717, 1.165) is 17.7 Å². The highest BCUT2D eigenvalue weighted by Crippen LogP contribution is 2.24. The molecule has 0 aliphatic rings. The second kappa shape index (κ2) is 5.80. The number of halogens is 2. The predicted octanol–water partition coefficient (Wildman–Crippen LogP) is 3.34. The Hall–Kier alpha value is -1.94. The average Bonchev–Trinajstić information content (AvgIpc) is 2.41. The first kappa shape index (κ1) is 13.5. The minimum absolute atomic E-state index is 0.120. The monoisotopic (exact) mass is 264 g/mol. The molecule has 0 unspecified atom stereocenters. The number of aliphatic hydroxyl groups is 1. The van der Waals surface area contributed by atoms with Gasteiger partial charge in [0.2, 0.25) is 0 Å². The number of benzene rings is 2. The van der Waals surface area contributed by atoms with Gasteiger partial charge in [-0.3, -0.25) is 0 Å². The van der Waals surface area contributed by atoms with Gasteiger partial charge in [-0.1, -0.05) is 24.3 Å². The summed E-state index contributed by atoms with van der Waals surface area (Å²) >= 11 is 0. The van der Waals surface area contributed by atoms with Crippen molar-refractivity contribution in [3.05, 3.63) is 64.7 Å². The Morgan fingerprint density at radius 3 is 2.58 bits per heavy atom. The molecule has 0 amide bonds. The van der Waals surface area contributed by atoms with Gasteiger partial charge in [-0.25, -0.2) is 8.78 Å². The van der Waals surface area contributed by atoms with E-state index in [9.17, 15) is 13.9 Å². The Labute approximate surface area is 110 Å². The molecule has 0 aliphatic heterocycles. The van der Waals surface area contributed by atoms with Crippen LogP contribution in [0.4, 0.5) is 8.78 Å². The summed E-state index contributed by atoms with van der Waals surface area (Å²) in [6.07, 6.45) is 0. The second-order valence-electron chi connectivity index (χ2n) is 4.26. The molecule has 0 bridgehead atoms. The van der Waals surface area contributed by atoms with Gasteiger partial charge < -0.3 is 9.84 Å². The topological polar surface area (TPSA) is 29.5 Å². The first-order valence-electron chi connectivity index (χ1n) is 5.88. The van der Waals surface area contributed by atoms with E-state index in [1.807, 2.05) is 19.1 Å². The van der Waals surface area contributed by atoms with Crippen molar-refractivity contribution in [1.82, 2.24) is 0 Å². The third kappa shape index (κ3) is 3.09. The van der Waals surface area contributed by atoms with E-state index in [1.165, 1.54) is 6.07 Å². The van der Waals surface area contributed by atoms with E-state index < -0.39 is 11.6 Å². The molecule has 0 aromatic heterocycles. The second-order valence-corrected chi connectivity index (χ2v) is 4.26. The van der Waals surface area contributed by atoms with Gasteiger partial charge in [0.25, 0.3) is 0 Å². The van der Waals surface area contributed by atoms with Crippen molar-refractivity contribution >= 4 is 0 Å². The fourth-order valence-electron chi connectivity index (χ4n) is 1.83. The number of aliphatic hydroxyl groups excluding tert-OH is 1. The summed E-state index contributed by atoms with van der Waals surface area (Å²) in [6.45, 7) is 1.85. The van der Waals surface area contributed by atoms with Gasteiger partial charge in [-0.2, -0.15) is 0 Å². The highest BCUT2D eigenvalue weighted by Gasteiger charge is 2.08. The largest absolute Gasteiger partial charge is 0.488 e. The molecule has 2 rings (SSSR count). The van der Waals surface area contributed by atoms with Crippen LogP contribution in [0, 0.1) is 18.6 Å². The lowest BCUT2D eigenvalue weighted by molar-refractivity contribution is 0.257. The van der Waals surface area contributed by atoms with Crippen LogP contribution in [-0.2, 0) is 13.2 Å². The van der Waals surface area contributed by atoms with Crippen LogP contribution < -0.4 is 4.74 Å². The summed E-state index contributed by atoms with van der Waals surface area (Å²) in [6, 6.07) is 9.08. The first-order chi connectivity index (χ1) is 9.11. The van der Waals surface area contributed by atoms with Gasteiger partial charge in [-0.15, -0.1) is 0 Å². The molecule has 4 heteroatoms. The molecule has 2 aromatic rings. The normalized spacial score (nSPS) is 10.5.